The fourth-order valence-electron chi connectivity index (χ4n) is 3.16. The van der Waals surface area contributed by atoms with Crippen molar-refractivity contribution in [3.63, 3.8) is 0 Å². The van der Waals surface area contributed by atoms with E-state index in [0.717, 1.165) is 21.0 Å². The summed E-state index contributed by atoms with van der Waals surface area (Å²) in [4.78, 5) is 27.7. The zero-order valence-electron chi connectivity index (χ0n) is 13.9. The molecular weight excluding hydrogens is 373 g/mol. The first-order valence-electron chi connectivity index (χ1n) is 8.19. The maximum absolute atomic E-state index is 13.4. The first kappa shape index (κ1) is 17.2. The number of amides is 2. The zero-order valence-corrected chi connectivity index (χ0v) is 15.6. The molecule has 1 unspecified atom stereocenters. The van der Waals surface area contributed by atoms with Gasteiger partial charge in [0.2, 0.25) is 11.8 Å². The normalized spacial score (nSPS) is 21.1. The van der Waals surface area contributed by atoms with Crippen LogP contribution < -0.4 is 10.6 Å². The number of benzene rings is 2. The lowest BCUT2D eigenvalue weighted by molar-refractivity contribution is -0.121. The molecule has 0 radical (unpaired) electrons. The van der Waals surface area contributed by atoms with Gasteiger partial charge in [0.1, 0.15) is 5.82 Å². The fraction of sp³-hybridized carbons (Fsp3) is 0.278. The highest BCUT2D eigenvalue weighted by molar-refractivity contribution is 7.81. The van der Waals surface area contributed by atoms with Gasteiger partial charge >= 0.3 is 0 Å². The summed E-state index contributed by atoms with van der Waals surface area (Å²) in [5, 5.41) is 7.73. The Kier molecular flexibility index (Phi) is 4.11. The quantitative estimate of drug-likeness (QED) is 0.598. The van der Waals surface area contributed by atoms with Gasteiger partial charge in [-0.25, -0.2) is 9.37 Å². The number of halogens is 1. The Morgan fingerprint density at radius 2 is 2.23 bits per heavy atom. The Bertz CT molecular complexity index is 1050. The number of hydrogen-bond donors (Lipinski definition) is 3. The third-order valence-corrected chi connectivity index (χ3v) is 6.50. The number of thiol groups is 1. The third-order valence-electron chi connectivity index (χ3n) is 4.76. The molecule has 1 saturated heterocycles. The van der Waals surface area contributed by atoms with Crippen molar-refractivity contribution < 1.29 is 14.0 Å². The van der Waals surface area contributed by atoms with E-state index in [1.807, 2.05) is 12.1 Å². The molecule has 0 spiro atoms. The van der Waals surface area contributed by atoms with Crippen LogP contribution >= 0.6 is 24.0 Å². The zero-order chi connectivity index (χ0) is 18.5. The maximum atomic E-state index is 13.4. The number of anilines is 1. The highest BCUT2D eigenvalue weighted by Gasteiger charge is 2.42. The maximum Gasteiger partial charge on any atom is 0.232 e. The Morgan fingerprint density at radius 1 is 1.42 bits per heavy atom. The summed E-state index contributed by atoms with van der Waals surface area (Å²) in [6.07, 6.45) is 0.865. The number of carbonyl (C=O) groups excluding carboxylic acids is 2. The number of nitrogens with zero attached hydrogens (tertiary/aromatic N) is 1. The van der Waals surface area contributed by atoms with E-state index >= 15 is 0 Å². The lowest BCUT2D eigenvalue weighted by atomic mass is 9.99. The second kappa shape index (κ2) is 6.21. The number of carbonyl (C=O) groups is 2. The molecule has 0 bridgehead atoms. The first-order valence-corrected chi connectivity index (χ1v) is 9.45. The van der Waals surface area contributed by atoms with Crippen LogP contribution in [0, 0.1) is 11.7 Å². The molecule has 1 aliphatic rings. The van der Waals surface area contributed by atoms with Crippen LogP contribution in [0.1, 0.15) is 19.8 Å². The molecule has 2 amide bonds. The number of aromatic nitrogens is 1. The average molecular weight is 389 g/mol. The first-order chi connectivity index (χ1) is 12.4. The van der Waals surface area contributed by atoms with Crippen molar-refractivity contribution in [2.24, 2.45) is 5.92 Å². The molecule has 8 heteroatoms. The SMILES string of the molecule is C[C@H](C(=O)Nc1nc2ccc3cc(F)ccc3c2s1)C1(S)CCC(=O)N1. The highest BCUT2D eigenvalue weighted by Crippen LogP contribution is 2.35. The van der Waals surface area contributed by atoms with Crippen molar-refractivity contribution in [3.8, 4) is 0 Å². The standard InChI is InChI=1S/C18H16FN3O2S2/c1-9(18(25)7-6-14(23)22-18)16(24)21-17-20-13-5-2-10-8-11(19)3-4-12(10)15(13)26-17/h2-5,8-9,25H,6-7H2,1H3,(H,22,23)(H,20,21,24)/t9-,18?/m1/s1. The van der Waals surface area contributed by atoms with E-state index < -0.39 is 10.8 Å². The van der Waals surface area contributed by atoms with Gasteiger partial charge in [0, 0.05) is 11.8 Å². The van der Waals surface area contributed by atoms with Gasteiger partial charge in [-0.1, -0.05) is 24.3 Å². The van der Waals surface area contributed by atoms with Crippen molar-refractivity contribution in [1.82, 2.24) is 10.3 Å². The fourth-order valence-corrected chi connectivity index (χ4v) is 4.52. The smallest absolute Gasteiger partial charge is 0.232 e. The van der Waals surface area contributed by atoms with Crippen LogP contribution in [0.5, 0.6) is 0 Å². The van der Waals surface area contributed by atoms with Gasteiger partial charge in [-0.05, 0) is 36.1 Å². The molecule has 26 heavy (non-hydrogen) atoms. The Balaban J connectivity index is 1.62. The summed E-state index contributed by atoms with van der Waals surface area (Å²) in [6, 6.07) is 8.23. The molecule has 134 valence electrons. The lowest BCUT2D eigenvalue weighted by Gasteiger charge is -2.28. The molecule has 5 nitrogen and oxygen atoms in total. The van der Waals surface area contributed by atoms with Crippen molar-refractivity contribution in [2.45, 2.75) is 24.6 Å². The van der Waals surface area contributed by atoms with Gasteiger partial charge in [-0.15, -0.1) is 0 Å². The van der Waals surface area contributed by atoms with E-state index in [2.05, 4.69) is 28.2 Å². The van der Waals surface area contributed by atoms with Gasteiger partial charge in [0.05, 0.1) is 21.0 Å². The van der Waals surface area contributed by atoms with Crippen LogP contribution in [0.15, 0.2) is 30.3 Å². The molecule has 2 N–H and O–H groups in total. The Morgan fingerprint density at radius 3 is 2.96 bits per heavy atom. The summed E-state index contributed by atoms with van der Waals surface area (Å²) >= 11 is 5.85. The molecule has 1 aromatic heterocycles. The van der Waals surface area contributed by atoms with E-state index in [1.54, 1.807) is 13.0 Å². The minimum atomic E-state index is -0.845. The molecule has 1 aliphatic heterocycles. The topological polar surface area (TPSA) is 71.1 Å². The Hall–Kier alpha value is -2.19. The van der Waals surface area contributed by atoms with Gasteiger partial charge in [0.25, 0.3) is 0 Å². The molecule has 4 rings (SSSR count). The van der Waals surface area contributed by atoms with Gasteiger partial charge < -0.3 is 10.6 Å². The minimum Gasteiger partial charge on any atom is -0.341 e. The van der Waals surface area contributed by atoms with E-state index in [0.29, 0.717) is 18.0 Å². The van der Waals surface area contributed by atoms with Gasteiger partial charge in [-0.3, -0.25) is 9.59 Å². The van der Waals surface area contributed by atoms with E-state index in [4.69, 9.17) is 0 Å². The second-order valence-electron chi connectivity index (χ2n) is 6.48. The molecule has 2 aromatic carbocycles. The molecule has 2 atom stereocenters. The van der Waals surface area contributed by atoms with Crippen LogP contribution in [0.2, 0.25) is 0 Å². The van der Waals surface area contributed by atoms with Crippen molar-refractivity contribution in [1.29, 1.82) is 0 Å². The van der Waals surface area contributed by atoms with Crippen LogP contribution in [0.3, 0.4) is 0 Å². The molecule has 0 saturated carbocycles. The third kappa shape index (κ3) is 2.93. The van der Waals surface area contributed by atoms with Crippen LogP contribution in [0.4, 0.5) is 9.52 Å². The number of thiazole rings is 1. The van der Waals surface area contributed by atoms with E-state index in [-0.39, 0.29) is 17.6 Å². The molecule has 2 heterocycles. The number of rotatable bonds is 3. The Labute approximate surface area is 158 Å². The lowest BCUT2D eigenvalue weighted by Crippen LogP contribution is -2.46. The number of fused-ring (bicyclic) bond motifs is 3. The van der Waals surface area contributed by atoms with Crippen LogP contribution in [0.25, 0.3) is 21.0 Å². The molecule has 1 fully saturated rings. The van der Waals surface area contributed by atoms with Crippen molar-refractivity contribution in [2.75, 3.05) is 5.32 Å². The van der Waals surface area contributed by atoms with Crippen molar-refractivity contribution in [3.05, 3.63) is 36.1 Å². The van der Waals surface area contributed by atoms with E-state index in [9.17, 15) is 14.0 Å². The van der Waals surface area contributed by atoms with Gasteiger partial charge in [0.15, 0.2) is 5.13 Å². The summed E-state index contributed by atoms with van der Waals surface area (Å²) in [6.45, 7) is 1.74. The van der Waals surface area contributed by atoms with Crippen LogP contribution in [-0.2, 0) is 9.59 Å². The highest BCUT2D eigenvalue weighted by atomic mass is 32.1. The molecule has 3 aromatic rings. The monoisotopic (exact) mass is 389 g/mol. The second-order valence-corrected chi connectivity index (χ2v) is 8.28. The number of hydrogen-bond acceptors (Lipinski definition) is 5. The predicted molar refractivity (Wildman–Crippen MR) is 104 cm³/mol. The predicted octanol–water partition coefficient (Wildman–Crippen LogP) is 3.70. The number of nitrogens with one attached hydrogen (secondary N) is 2. The molecular formula is C18H16FN3O2S2. The van der Waals surface area contributed by atoms with Crippen LogP contribution in [-0.4, -0.2) is 21.7 Å². The van der Waals surface area contributed by atoms with Gasteiger partial charge in [-0.2, -0.15) is 12.6 Å². The minimum absolute atomic E-state index is 0.0988. The van der Waals surface area contributed by atoms with Crippen molar-refractivity contribution >= 4 is 61.9 Å². The summed E-state index contributed by atoms with van der Waals surface area (Å²) in [5.41, 5.74) is 0.742. The average Bonchev–Trinajstić information content (AvgIpc) is 3.17. The largest absolute Gasteiger partial charge is 0.341 e. The van der Waals surface area contributed by atoms with E-state index in [1.165, 1.54) is 23.5 Å². The summed E-state index contributed by atoms with van der Waals surface area (Å²) in [5.74, 6) is -1.16. The summed E-state index contributed by atoms with van der Waals surface area (Å²) < 4.78 is 14.3. The molecule has 0 aliphatic carbocycles. The summed E-state index contributed by atoms with van der Waals surface area (Å²) in [7, 11) is 0.